The standard InChI is InChI=1S/C11H13N5O2/c1-8-6-9(16(17)18)2-3-10(8)12-5-4-11-13-7-14-15-11/h2-3,6-7,12H,4-5H2,1H3,(H,13,14,15). The number of H-pyrrole nitrogens is 1. The lowest BCUT2D eigenvalue weighted by Crippen LogP contribution is -2.07. The zero-order valence-corrected chi connectivity index (χ0v) is 9.88. The predicted molar refractivity (Wildman–Crippen MR) is 66.4 cm³/mol. The van der Waals surface area contributed by atoms with E-state index in [4.69, 9.17) is 0 Å². The summed E-state index contributed by atoms with van der Waals surface area (Å²) >= 11 is 0. The van der Waals surface area contributed by atoms with E-state index in [2.05, 4.69) is 20.5 Å². The SMILES string of the molecule is Cc1cc([N+](=O)[O-])ccc1NCCc1ncn[nH]1. The molecule has 1 heterocycles. The number of nitrogens with zero attached hydrogens (tertiary/aromatic N) is 3. The molecular formula is C11H13N5O2. The average Bonchev–Trinajstić information content (AvgIpc) is 2.84. The molecule has 0 radical (unpaired) electrons. The van der Waals surface area contributed by atoms with Gasteiger partial charge in [0.05, 0.1) is 4.92 Å². The van der Waals surface area contributed by atoms with Crippen LogP contribution in [-0.2, 0) is 6.42 Å². The molecular weight excluding hydrogens is 234 g/mol. The molecule has 0 aliphatic rings. The van der Waals surface area contributed by atoms with Gasteiger partial charge in [-0.1, -0.05) is 0 Å². The minimum Gasteiger partial charge on any atom is -0.384 e. The van der Waals surface area contributed by atoms with Crippen LogP contribution in [0.15, 0.2) is 24.5 Å². The number of aryl methyl sites for hydroxylation is 1. The number of rotatable bonds is 5. The van der Waals surface area contributed by atoms with Gasteiger partial charge in [-0.05, 0) is 18.6 Å². The van der Waals surface area contributed by atoms with E-state index in [0.717, 1.165) is 23.5 Å². The monoisotopic (exact) mass is 247 g/mol. The molecule has 0 bridgehead atoms. The number of hydrogen-bond donors (Lipinski definition) is 2. The first kappa shape index (κ1) is 12.0. The van der Waals surface area contributed by atoms with E-state index >= 15 is 0 Å². The van der Waals surface area contributed by atoms with E-state index in [1.165, 1.54) is 12.4 Å². The van der Waals surface area contributed by atoms with Crippen molar-refractivity contribution in [1.82, 2.24) is 15.2 Å². The van der Waals surface area contributed by atoms with Gasteiger partial charge in [0.2, 0.25) is 0 Å². The van der Waals surface area contributed by atoms with Gasteiger partial charge in [0.1, 0.15) is 12.2 Å². The second kappa shape index (κ2) is 5.26. The Kier molecular flexibility index (Phi) is 3.52. The predicted octanol–water partition coefficient (Wildman–Crippen LogP) is 1.68. The maximum absolute atomic E-state index is 10.6. The summed E-state index contributed by atoms with van der Waals surface area (Å²) in [6.45, 7) is 2.53. The number of anilines is 1. The van der Waals surface area contributed by atoms with Crippen molar-refractivity contribution in [2.45, 2.75) is 13.3 Å². The first-order valence-electron chi connectivity index (χ1n) is 5.50. The lowest BCUT2D eigenvalue weighted by atomic mass is 10.2. The van der Waals surface area contributed by atoms with Crippen LogP contribution in [0.25, 0.3) is 0 Å². The van der Waals surface area contributed by atoms with Gasteiger partial charge < -0.3 is 5.32 Å². The van der Waals surface area contributed by atoms with Crippen molar-refractivity contribution in [3.63, 3.8) is 0 Å². The van der Waals surface area contributed by atoms with E-state index in [-0.39, 0.29) is 5.69 Å². The maximum Gasteiger partial charge on any atom is 0.269 e. The largest absolute Gasteiger partial charge is 0.384 e. The molecule has 7 heteroatoms. The summed E-state index contributed by atoms with van der Waals surface area (Å²) in [6, 6.07) is 4.76. The van der Waals surface area contributed by atoms with Crippen molar-refractivity contribution in [3.05, 3.63) is 46.0 Å². The van der Waals surface area contributed by atoms with Crippen molar-refractivity contribution in [1.29, 1.82) is 0 Å². The van der Waals surface area contributed by atoms with E-state index in [1.807, 2.05) is 6.92 Å². The first-order valence-corrected chi connectivity index (χ1v) is 5.50. The van der Waals surface area contributed by atoms with Gasteiger partial charge in [0.15, 0.2) is 0 Å². The highest BCUT2D eigenvalue weighted by molar-refractivity contribution is 5.55. The molecule has 0 amide bonds. The molecule has 0 atom stereocenters. The fourth-order valence-electron chi connectivity index (χ4n) is 1.63. The molecule has 0 fully saturated rings. The third-order valence-corrected chi connectivity index (χ3v) is 2.56. The van der Waals surface area contributed by atoms with Gasteiger partial charge >= 0.3 is 0 Å². The van der Waals surface area contributed by atoms with Crippen molar-refractivity contribution in [2.24, 2.45) is 0 Å². The summed E-state index contributed by atoms with van der Waals surface area (Å²) in [5.41, 5.74) is 1.84. The van der Waals surface area contributed by atoms with Crippen LogP contribution in [0.2, 0.25) is 0 Å². The average molecular weight is 247 g/mol. The number of aromatic nitrogens is 3. The minimum absolute atomic E-state index is 0.105. The summed E-state index contributed by atoms with van der Waals surface area (Å²) in [7, 11) is 0. The van der Waals surface area contributed by atoms with Gasteiger partial charge in [-0.2, -0.15) is 5.10 Å². The van der Waals surface area contributed by atoms with Crippen LogP contribution in [0.1, 0.15) is 11.4 Å². The van der Waals surface area contributed by atoms with Gasteiger partial charge in [0, 0.05) is 30.8 Å². The molecule has 0 aliphatic carbocycles. The molecule has 94 valence electrons. The van der Waals surface area contributed by atoms with Crippen molar-refractivity contribution >= 4 is 11.4 Å². The zero-order chi connectivity index (χ0) is 13.0. The van der Waals surface area contributed by atoms with Crippen LogP contribution in [0.3, 0.4) is 0 Å². The first-order chi connectivity index (χ1) is 8.66. The number of non-ortho nitro benzene ring substituents is 1. The molecule has 0 spiro atoms. The minimum atomic E-state index is -0.398. The Balaban J connectivity index is 1.95. The van der Waals surface area contributed by atoms with Crippen molar-refractivity contribution in [3.8, 4) is 0 Å². The highest BCUT2D eigenvalue weighted by atomic mass is 16.6. The molecule has 1 aromatic heterocycles. The zero-order valence-electron chi connectivity index (χ0n) is 9.88. The third kappa shape index (κ3) is 2.82. The van der Waals surface area contributed by atoms with Gasteiger partial charge in [-0.3, -0.25) is 15.2 Å². The van der Waals surface area contributed by atoms with Crippen LogP contribution in [0, 0.1) is 17.0 Å². The smallest absolute Gasteiger partial charge is 0.269 e. The molecule has 1 aromatic carbocycles. The fraction of sp³-hybridized carbons (Fsp3) is 0.273. The lowest BCUT2D eigenvalue weighted by Gasteiger charge is -2.08. The number of nitro benzene ring substituents is 1. The van der Waals surface area contributed by atoms with E-state index in [9.17, 15) is 10.1 Å². The molecule has 0 saturated carbocycles. The van der Waals surface area contributed by atoms with Crippen LogP contribution in [-0.4, -0.2) is 26.6 Å². The van der Waals surface area contributed by atoms with Crippen LogP contribution in [0.4, 0.5) is 11.4 Å². The van der Waals surface area contributed by atoms with Crippen molar-refractivity contribution < 1.29 is 4.92 Å². The maximum atomic E-state index is 10.6. The molecule has 0 saturated heterocycles. The van der Waals surface area contributed by atoms with Gasteiger partial charge in [-0.15, -0.1) is 0 Å². The summed E-state index contributed by atoms with van der Waals surface area (Å²) in [4.78, 5) is 14.2. The molecule has 0 unspecified atom stereocenters. The molecule has 18 heavy (non-hydrogen) atoms. The Morgan fingerprint density at radius 1 is 1.50 bits per heavy atom. The normalized spacial score (nSPS) is 10.3. The summed E-state index contributed by atoms with van der Waals surface area (Å²) < 4.78 is 0. The Bertz CT molecular complexity index is 538. The van der Waals surface area contributed by atoms with E-state index in [1.54, 1.807) is 12.1 Å². The fourth-order valence-corrected chi connectivity index (χ4v) is 1.63. The van der Waals surface area contributed by atoms with Crippen molar-refractivity contribution in [2.75, 3.05) is 11.9 Å². The Morgan fingerprint density at radius 3 is 2.94 bits per heavy atom. The number of nitro groups is 1. The number of aromatic amines is 1. The third-order valence-electron chi connectivity index (χ3n) is 2.56. The summed E-state index contributed by atoms with van der Waals surface area (Å²) in [6.07, 6.45) is 2.18. The summed E-state index contributed by atoms with van der Waals surface area (Å²) in [5.74, 6) is 0.807. The highest BCUT2D eigenvalue weighted by Gasteiger charge is 2.07. The second-order valence-corrected chi connectivity index (χ2v) is 3.87. The van der Waals surface area contributed by atoms with Gasteiger partial charge in [0.25, 0.3) is 5.69 Å². The highest BCUT2D eigenvalue weighted by Crippen LogP contribution is 2.20. The lowest BCUT2D eigenvalue weighted by molar-refractivity contribution is -0.384. The molecule has 7 nitrogen and oxygen atoms in total. The van der Waals surface area contributed by atoms with Crippen LogP contribution >= 0.6 is 0 Å². The van der Waals surface area contributed by atoms with Gasteiger partial charge in [-0.25, -0.2) is 4.98 Å². The Labute approximate surface area is 103 Å². The molecule has 2 aromatic rings. The molecule has 2 rings (SSSR count). The Hall–Kier alpha value is -2.44. The second-order valence-electron chi connectivity index (χ2n) is 3.87. The van der Waals surface area contributed by atoms with Crippen LogP contribution in [0.5, 0.6) is 0 Å². The molecule has 2 N–H and O–H groups in total. The summed E-state index contributed by atoms with van der Waals surface area (Å²) in [5, 5.41) is 20.3. The van der Waals surface area contributed by atoms with E-state index < -0.39 is 4.92 Å². The number of nitrogens with one attached hydrogen (secondary N) is 2. The number of benzene rings is 1. The number of hydrogen-bond acceptors (Lipinski definition) is 5. The Morgan fingerprint density at radius 2 is 2.33 bits per heavy atom. The van der Waals surface area contributed by atoms with Crippen LogP contribution < -0.4 is 5.32 Å². The topological polar surface area (TPSA) is 96.7 Å². The van der Waals surface area contributed by atoms with E-state index in [0.29, 0.717) is 6.54 Å². The quantitative estimate of drug-likeness (QED) is 0.618. The molecule has 0 aliphatic heterocycles.